The summed E-state index contributed by atoms with van der Waals surface area (Å²) in [5.74, 6) is -0.332. The van der Waals surface area contributed by atoms with Crippen molar-refractivity contribution >= 4 is 59.0 Å². The standard InChI is InChI=1S/C39H43F3N8O5S/c1-4-24-16-27(50-37(56)49(36(54)38(50,2)3)28-18-29(39(40,41)42)31(19-43)44-20-28)8-10-32(24)55-22-23-12-14-48(15-13-23)21-34(52)46-26-7-5-6-25(17-26)45-30-9-11-33(51)47-35(30)53/h5-8,10,16-18,20,23,30,37,45,56H,4,9,11-15,21-22H2,1-3H3,(H,46,52)(H,47,51,53). The number of hydrogen-bond acceptors (Lipinski definition) is 11. The third-order valence-electron chi connectivity index (χ3n) is 10.3. The maximum absolute atomic E-state index is 13.7. The Labute approximate surface area is 328 Å². The molecule has 4 amide bonds. The van der Waals surface area contributed by atoms with Crippen LogP contribution < -0.4 is 30.5 Å². The van der Waals surface area contributed by atoms with E-state index < -0.39 is 40.4 Å². The number of nitrogens with one attached hydrogen (secondary N) is 3. The molecule has 3 fully saturated rings. The number of anilines is 4. The van der Waals surface area contributed by atoms with Crippen molar-refractivity contribution < 1.29 is 37.1 Å². The summed E-state index contributed by atoms with van der Waals surface area (Å²) in [6.45, 7) is 7.46. The lowest BCUT2D eigenvalue weighted by Gasteiger charge is -2.34. The van der Waals surface area contributed by atoms with E-state index >= 15 is 0 Å². The van der Waals surface area contributed by atoms with Crippen molar-refractivity contribution in [1.29, 1.82) is 5.26 Å². The number of carbonyl (C=O) groups excluding carboxylic acids is 4. The third kappa shape index (κ3) is 8.71. The number of ether oxygens (including phenoxy) is 1. The van der Waals surface area contributed by atoms with Crippen LogP contribution >= 0.6 is 12.6 Å². The molecule has 3 aliphatic heterocycles. The number of amides is 4. The number of pyridine rings is 1. The second kappa shape index (κ2) is 16.4. The van der Waals surface area contributed by atoms with Gasteiger partial charge in [-0.25, -0.2) is 4.98 Å². The molecule has 17 heteroatoms. The minimum Gasteiger partial charge on any atom is -0.493 e. The maximum Gasteiger partial charge on any atom is 0.419 e. The highest BCUT2D eigenvalue weighted by Gasteiger charge is 2.52. The van der Waals surface area contributed by atoms with Gasteiger partial charge in [-0.15, -0.1) is 12.6 Å². The summed E-state index contributed by atoms with van der Waals surface area (Å²) in [7, 11) is 0. The molecule has 3 aromatic rings. The molecule has 13 nitrogen and oxygen atoms in total. The number of nitrogens with zero attached hydrogens (tertiary/aromatic N) is 5. The van der Waals surface area contributed by atoms with Gasteiger partial charge in [-0.1, -0.05) is 13.0 Å². The van der Waals surface area contributed by atoms with Crippen LogP contribution in [0.5, 0.6) is 5.75 Å². The number of likely N-dealkylation sites (tertiary alicyclic amines) is 1. The average molecular weight is 793 g/mol. The minimum absolute atomic E-state index is 0.120. The van der Waals surface area contributed by atoms with Crippen molar-refractivity contribution in [2.45, 2.75) is 76.1 Å². The van der Waals surface area contributed by atoms with E-state index in [-0.39, 0.29) is 42.3 Å². The fourth-order valence-corrected chi connectivity index (χ4v) is 7.94. The van der Waals surface area contributed by atoms with Gasteiger partial charge in [0.25, 0.3) is 5.91 Å². The Balaban J connectivity index is 1.02. The predicted molar refractivity (Wildman–Crippen MR) is 206 cm³/mol. The van der Waals surface area contributed by atoms with Crippen LogP contribution in [-0.4, -0.2) is 76.8 Å². The Morgan fingerprint density at radius 2 is 1.80 bits per heavy atom. The Morgan fingerprint density at radius 1 is 1.07 bits per heavy atom. The number of rotatable bonds is 11. The van der Waals surface area contributed by atoms with Gasteiger partial charge in [0.1, 0.15) is 23.4 Å². The quantitative estimate of drug-likeness (QED) is 0.148. The van der Waals surface area contributed by atoms with Crippen LogP contribution in [-0.2, 0) is 31.8 Å². The molecule has 56 heavy (non-hydrogen) atoms. The molecular formula is C39H43F3N8O5S. The number of halogens is 3. The summed E-state index contributed by atoms with van der Waals surface area (Å²) in [5.41, 5.74) is -1.50. The first-order chi connectivity index (χ1) is 26.6. The lowest BCUT2D eigenvalue weighted by atomic mass is 9.97. The SMILES string of the molecule is CCc1cc(N2C(S)N(c3cnc(C#N)c(C(F)(F)F)c3)C(=O)C2(C)C)ccc1OCC1CCN(CC(=O)Nc2cccc(NC3CCC(=O)NC3=O)c2)CC1. The number of thiol groups is 1. The largest absolute Gasteiger partial charge is 0.493 e. The molecule has 6 rings (SSSR count). The monoisotopic (exact) mass is 792 g/mol. The molecule has 2 unspecified atom stereocenters. The molecule has 2 atom stereocenters. The molecule has 1 aromatic heterocycles. The molecule has 3 saturated heterocycles. The van der Waals surface area contributed by atoms with Crippen LogP contribution in [0, 0.1) is 17.2 Å². The van der Waals surface area contributed by atoms with E-state index in [0.717, 1.165) is 48.7 Å². The zero-order valence-corrected chi connectivity index (χ0v) is 32.0. The van der Waals surface area contributed by atoms with Crippen LogP contribution in [0.1, 0.15) is 63.3 Å². The lowest BCUT2D eigenvalue weighted by molar-refractivity contribution is -0.138. The molecular weight excluding hydrogens is 750 g/mol. The topological polar surface area (TPSA) is 160 Å². The minimum atomic E-state index is -4.84. The van der Waals surface area contributed by atoms with Crippen LogP contribution in [0.2, 0.25) is 0 Å². The van der Waals surface area contributed by atoms with Gasteiger partial charge in [0, 0.05) is 23.5 Å². The molecule has 4 heterocycles. The van der Waals surface area contributed by atoms with E-state index in [0.29, 0.717) is 42.3 Å². The molecule has 0 radical (unpaired) electrons. The second-order valence-electron chi connectivity index (χ2n) is 14.6. The van der Waals surface area contributed by atoms with E-state index in [1.54, 1.807) is 49.1 Å². The number of aryl methyl sites for hydroxylation is 1. The molecule has 296 valence electrons. The van der Waals surface area contributed by atoms with Gasteiger partial charge in [0.2, 0.25) is 17.7 Å². The molecule has 0 aliphatic carbocycles. The molecule has 0 saturated carbocycles. The first kappa shape index (κ1) is 40.3. The van der Waals surface area contributed by atoms with E-state index in [9.17, 15) is 37.6 Å². The number of aromatic nitrogens is 1. The summed E-state index contributed by atoms with van der Waals surface area (Å²) in [5, 5.41) is 17.6. The number of piperidine rings is 2. The lowest BCUT2D eigenvalue weighted by Crippen LogP contribution is -2.47. The molecule has 3 aliphatic rings. The van der Waals surface area contributed by atoms with Crippen molar-refractivity contribution in [3.05, 3.63) is 71.5 Å². The van der Waals surface area contributed by atoms with Crippen molar-refractivity contribution in [2.24, 2.45) is 5.92 Å². The van der Waals surface area contributed by atoms with Crippen LogP contribution in [0.25, 0.3) is 0 Å². The maximum atomic E-state index is 13.7. The smallest absolute Gasteiger partial charge is 0.419 e. The number of carbonyl (C=O) groups is 4. The average Bonchev–Trinajstić information content (AvgIpc) is 3.33. The highest BCUT2D eigenvalue weighted by molar-refractivity contribution is 7.81. The second-order valence-corrected chi connectivity index (χ2v) is 15.1. The van der Waals surface area contributed by atoms with E-state index in [1.165, 1.54) is 6.07 Å². The zero-order valence-electron chi connectivity index (χ0n) is 31.2. The normalized spacial score (nSPS) is 20.4. The summed E-state index contributed by atoms with van der Waals surface area (Å²) < 4.78 is 47.5. The van der Waals surface area contributed by atoms with E-state index in [2.05, 4.69) is 25.8 Å². The number of nitriles is 1. The van der Waals surface area contributed by atoms with Gasteiger partial charge >= 0.3 is 6.18 Å². The highest BCUT2D eigenvalue weighted by Crippen LogP contribution is 2.43. The Kier molecular flexibility index (Phi) is 11.8. The van der Waals surface area contributed by atoms with Crippen molar-refractivity contribution in [3.8, 4) is 11.8 Å². The fourth-order valence-electron chi connectivity index (χ4n) is 7.28. The first-order valence-electron chi connectivity index (χ1n) is 18.4. The Bertz CT molecular complexity index is 2050. The molecule has 3 N–H and O–H groups in total. The van der Waals surface area contributed by atoms with Gasteiger partial charge in [-0.2, -0.15) is 18.4 Å². The van der Waals surface area contributed by atoms with Crippen LogP contribution in [0.4, 0.5) is 35.9 Å². The molecule has 2 aromatic carbocycles. The Morgan fingerprint density at radius 3 is 2.48 bits per heavy atom. The molecule has 0 bridgehead atoms. The zero-order chi connectivity index (χ0) is 40.4. The number of alkyl halides is 3. The summed E-state index contributed by atoms with van der Waals surface area (Å²) in [6, 6.07) is 14.3. The summed E-state index contributed by atoms with van der Waals surface area (Å²) in [6.07, 6.45) is -0.820. The predicted octanol–water partition coefficient (Wildman–Crippen LogP) is 5.33. The van der Waals surface area contributed by atoms with Crippen molar-refractivity contribution in [1.82, 2.24) is 15.2 Å². The van der Waals surface area contributed by atoms with Gasteiger partial charge in [-0.3, -0.25) is 34.3 Å². The Hall–Kier alpha value is -5.34. The summed E-state index contributed by atoms with van der Waals surface area (Å²) in [4.78, 5) is 58.8. The van der Waals surface area contributed by atoms with Crippen molar-refractivity contribution in [3.63, 3.8) is 0 Å². The van der Waals surface area contributed by atoms with Gasteiger partial charge < -0.3 is 20.3 Å². The number of benzene rings is 2. The number of imide groups is 1. The first-order valence-corrected chi connectivity index (χ1v) is 18.9. The van der Waals surface area contributed by atoms with Crippen LogP contribution in [0.15, 0.2) is 54.7 Å². The van der Waals surface area contributed by atoms with E-state index in [4.69, 9.17) is 17.4 Å². The summed E-state index contributed by atoms with van der Waals surface area (Å²) >= 11 is 4.69. The van der Waals surface area contributed by atoms with Gasteiger partial charge in [0.05, 0.1) is 30.6 Å². The van der Waals surface area contributed by atoms with Crippen LogP contribution in [0.3, 0.4) is 0 Å². The fraction of sp³-hybridized carbons (Fsp3) is 0.436. The van der Waals surface area contributed by atoms with Crippen molar-refractivity contribution in [2.75, 3.05) is 46.7 Å². The number of hydrogen-bond donors (Lipinski definition) is 4. The molecule has 0 spiro atoms. The highest BCUT2D eigenvalue weighted by atomic mass is 32.1. The van der Waals surface area contributed by atoms with Gasteiger partial charge in [-0.05, 0) is 107 Å². The van der Waals surface area contributed by atoms with Gasteiger partial charge in [0.15, 0.2) is 11.2 Å². The third-order valence-corrected chi connectivity index (χ3v) is 10.8. The van der Waals surface area contributed by atoms with E-state index in [1.807, 2.05) is 19.1 Å².